The van der Waals surface area contributed by atoms with Crippen molar-refractivity contribution in [2.24, 2.45) is 4.99 Å². The summed E-state index contributed by atoms with van der Waals surface area (Å²) < 4.78 is 0. The second-order valence-corrected chi connectivity index (χ2v) is 6.90. The van der Waals surface area contributed by atoms with Gasteiger partial charge in [-0.05, 0) is 35.1 Å². The van der Waals surface area contributed by atoms with Gasteiger partial charge in [0.05, 0.1) is 5.69 Å². The molecule has 0 fully saturated rings. The third-order valence-corrected chi connectivity index (χ3v) is 4.28. The van der Waals surface area contributed by atoms with Crippen molar-refractivity contribution >= 4 is 17.7 Å². The molecule has 0 aliphatic carbocycles. The van der Waals surface area contributed by atoms with Crippen molar-refractivity contribution in [3.8, 4) is 0 Å². The molecule has 0 atom stereocenters. The number of para-hydroxylation sites is 1. The summed E-state index contributed by atoms with van der Waals surface area (Å²) >= 11 is 0. The van der Waals surface area contributed by atoms with Gasteiger partial charge in [-0.1, -0.05) is 58.9 Å². The first-order valence-corrected chi connectivity index (χ1v) is 9.08. The second kappa shape index (κ2) is 8.70. The average Bonchev–Trinajstić information content (AvgIpc) is 2.61. The summed E-state index contributed by atoms with van der Waals surface area (Å²) in [5.41, 5.74) is 5.03. The van der Waals surface area contributed by atoms with Gasteiger partial charge in [0.1, 0.15) is 5.69 Å². The van der Waals surface area contributed by atoms with Crippen LogP contribution in [0.15, 0.2) is 41.4 Å². The van der Waals surface area contributed by atoms with Crippen LogP contribution in [0, 0.1) is 0 Å². The first kappa shape index (κ1) is 19.0. The molecule has 1 heterocycles. The van der Waals surface area contributed by atoms with Crippen molar-refractivity contribution in [2.75, 3.05) is 0 Å². The lowest BCUT2D eigenvalue weighted by Gasteiger charge is -2.16. The maximum Gasteiger partial charge on any atom is 0.180 e. The number of nitrogens with zero attached hydrogens (tertiary/aromatic N) is 2. The van der Waals surface area contributed by atoms with Crippen LogP contribution in [0.3, 0.4) is 0 Å². The van der Waals surface area contributed by atoms with Crippen molar-refractivity contribution in [1.82, 2.24) is 4.98 Å². The minimum Gasteiger partial charge on any atom is -0.292 e. The maximum absolute atomic E-state index is 11.8. The highest BCUT2D eigenvalue weighted by Gasteiger charge is 2.12. The fourth-order valence-corrected chi connectivity index (χ4v) is 2.82. The molecule has 2 aromatic rings. The minimum atomic E-state index is 0.0750. The second-order valence-electron chi connectivity index (χ2n) is 6.90. The van der Waals surface area contributed by atoms with E-state index in [9.17, 15) is 4.79 Å². The van der Waals surface area contributed by atoms with Gasteiger partial charge in [-0.25, -0.2) is 4.98 Å². The summed E-state index contributed by atoms with van der Waals surface area (Å²) in [5.74, 6) is 0.926. The topological polar surface area (TPSA) is 42.3 Å². The molecular weight excluding hydrogens is 308 g/mol. The minimum absolute atomic E-state index is 0.0750. The van der Waals surface area contributed by atoms with Gasteiger partial charge < -0.3 is 0 Å². The number of aromatic nitrogens is 1. The van der Waals surface area contributed by atoms with Crippen molar-refractivity contribution < 1.29 is 4.79 Å². The lowest BCUT2D eigenvalue weighted by atomic mass is 9.93. The zero-order chi connectivity index (χ0) is 18.4. The standard InChI is InChI=1S/C22H28N2O/c1-6-21(25)20-12-7-9-17(24-20)13-14-23-22-18(15(2)3)10-8-11-19(22)16(4)5/h7-12,14-16H,6,13H2,1-5H3. The average molecular weight is 336 g/mol. The number of carbonyl (C=O) groups excluding carboxylic acids is 1. The molecule has 132 valence electrons. The summed E-state index contributed by atoms with van der Waals surface area (Å²) in [6.45, 7) is 10.6. The summed E-state index contributed by atoms with van der Waals surface area (Å²) in [5, 5.41) is 0. The molecule has 2 rings (SSSR count). The number of rotatable bonds is 7. The highest BCUT2D eigenvalue weighted by atomic mass is 16.1. The van der Waals surface area contributed by atoms with E-state index in [1.54, 1.807) is 6.07 Å². The fraction of sp³-hybridized carbons (Fsp3) is 0.409. The molecule has 0 spiro atoms. The Labute approximate surface area is 151 Å². The molecule has 1 aromatic carbocycles. The van der Waals surface area contributed by atoms with Gasteiger partial charge >= 0.3 is 0 Å². The van der Waals surface area contributed by atoms with Crippen LogP contribution >= 0.6 is 0 Å². The van der Waals surface area contributed by atoms with Gasteiger partial charge in [-0.2, -0.15) is 0 Å². The van der Waals surface area contributed by atoms with E-state index >= 15 is 0 Å². The van der Waals surface area contributed by atoms with Gasteiger partial charge in [0.15, 0.2) is 5.78 Å². The molecule has 0 aliphatic rings. The number of pyridine rings is 1. The van der Waals surface area contributed by atoms with Crippen molar-refractivity contribution in [1.29, 1.82) is 0 Å². The smallest absolute Gasteiger partial charge is 0.180 e. The first-order valence-electron chi connectivity index (χ1n) is 9.08. The molecule has 3 heteroatoms. The molecule has 1 aromatic heterocycles. The summed E-state index contributed by atoms with van der Waals surface area (Å²) in [7, 11) is 0. The third-order valence-electron chi connectivity index (χ3n) is 4.28. The Kier molecular flexibility index (Phi) is 6.63. The Morgan fingerprint density at radius 1 is 1.04 bits per heavy atom. The lowest BCUT2D eigenvalue weighted by molar-refractivity contribution is 0.0983. The highest BCUT2D eigenvalue weighted by molar-refractivity contribution is 5.94. The van der Waals surface area contributed by atoms with E-state index in [-0.39, 0.29) is 5.78 Å². The van der Waals surface area contributed by atoms with Gasteiger partial charge in [0.2, 0.25) is 0 Å². The Bertz CT molecular complexity index is 734. The Balaban J connectivity index is 2.27. The zero-order valence-corrected chi connectivity index (χ0v) is 15.9. The number of benzene rings is 1. The molecule has 0 N–H and O–H groups in total. The zero-order valence-electron chi connectivity index (χ0n) is 15.9. The van der Waals surface area contributed by atoms with E-state index in [2.05, 4.69) is 50.9 Å². The largest absolute Gasteiger partial charge is 0.292 e. The normalized spacial score (nSPS) is 11.6. The molecule has 0 unspecified atom stereocenters. The molecule has 3 nitrogen and oxygen atoms in total. The maximum atomic E-state index is 11.8. The van der Waals surface area contributed by atoms with Crippen molar-refractivity contribution in [3.05, 3.63) is 58.9 Å². The summed E-state index contributed by atoms with van der Waals surface area (Å²) in [4.78, 5) is 21.0. The molecule has 0 aliphatic heterocycles. The highest BCUT2D eigenvalue weighted by Crippen LogP contribution is 2.34. The number of Topliss-reactive ketones (excluding diaryl/α,β-unsaturated/α-hetero) is 1. The van der Waals surface area contributed by atoms with Gasteiger partial charge in [-0.15, -0.1) is 0 Å². The Morgan fingerprint density at radius 3 is 2.20 bits per heavy atom. The third kappa shape index (κ3) is 4.85. The number of hydrogen-bond donors (Lipinski definition) is 0. The SMILES string of the molecule is CCC(=O)c1cccc(CC=Nc2c(C(C)C)cccc2C(C)C)n1. The van der Waals surface area contributed by atoms with Gasteiger partial charge in [0, 0.05) is 24.8 Å². The number of hydrogen-bond acceptors (Lipinski definition) is 3. The predicted octanol–water partition coefficient (Wildman–Crippen LogP) is 5.87. The summed E-state index contributed by atoms with van der Waals surface area (Å²) in [6, 6.07) is 12.0. The van der Waals surface area contributed by atoms with E-state index in [1.165, 1.54) is 11.1 Å². The van der Waals surface area contributed by atoms with Crippen molar-refractivity contribution in [3.63, 3.8) is 0 Å². The summed E-state index contributed by atoms with van der Waals surface area (Å²) in [6.07, 6.45) is 3.01. The van der Waals surface area contributed by atoms with E-state index in [4.69, 9.17) is 4.99 Å². The van der Waals surface area contributed by atoms with Crippen molar-refractivity contribution in [2.45, 2.75) is 59.3 Å². The number of carbonyl (C=O) groups is 1. The quantitative estimate of drug-likeness (QED) is 0.469. The Morgan fingerprint density at radius 2 is 1.64 bits per heavy atom. The van der Waals surface area contributed by atoms with E-state index in [0.717, 1.165) is 11.4 Å². The van der Waals surface area contributed by atoms with Crippen LogP contribution in [0.4, 0.5) is 5.69 Å². The van der Waals surface area contributed by atoms with Gasteiger partial charge in [-0.3, -0.25) is 9.79 Å². The van der Waals surface area contributed by atoms with Crippen LogP contribution in [0.5, 0.6) is 0 Å². The lowest BCUT2D eigenvalue weighted by Crippen LogP contribution is -2.03. The Hall–Kier alpha value is -2.29. The monoisotopic (exact) mass is 336 g/mol. The molecule has 25 heavy (non-hydrogen) atoms. The van der Waals surface area contributed by atoms with E-state index in [1.807, 2.05) is 25.3 Å². The molecule has 0 amide bonds. The molecular formula is C22H28N2O. The molecule has 0 saturated carbocycles. The number of aliphatic imine (C=N–C) groups is 1. The van der Waals surface area contributed by atoms with Crippen LogP contribution in [-0.4, -0.2) is 17.0 Å². The van der Waals surface area contributed by atoms with Crippen LogP contribution in [0.1, 0.15) is 80.2 Å². The van der Waals surface area contributed by atoms with E-state index < -0.39 is 0 Å². The number of ketones is 1. The van der Waals surface area contributed by atoms with Gasteiger partial charge in [0.25, 0.3) is 0 Å². The van der Waals surface area contributed by atoms with E-state index in [0.29, 0.717) is 30.4 Å². The predicted molar refractivity (Wildman–Crippen MR) is 105 cm³/mol. The first-order chi connectivity index (χ1) is 11.9. The van der Waals surface area contributed by atoms with Crippen LogP contribution < -0.4 is 0 Å². The van der Waals surface area contributed by atoms with Crippen LogP contribution in [0.2, 0.25) is 0 Å². The fourth-order valence-electron chi connectivity index (χ4n) is 2.82. The van der Waals surface area contributed by atoms with Crippen LogP contribution in [-0.2, 0) is 6.42 Å². The van der Waals surface area contributed by atoms with Crippen LogP contribution in [0.25, 0.3) is 0 Å². The molecule has 0 radical (unpaired) electrons. The molecule has 0 bridgehead atoms. The molecule has 0 saturated heterocycles.